The first-order valence-corrected chi connectivity index (χ1v) is 7.36. The second-order valence-corrected chi connectivity index (χ2v) is 6.18. The third-order valence-electron chi connectivity index (χ3n) is 4.57. The second-order valence-electron chi connectivity index (χ2n) is 6.18. The summed E-state index contributed by atoms with van der Waals surface area (Å²) in [4.78, 5) is 0. The van der Waals surface area contributed by atoms with Gasteiger partial charge in [0.2, 0.25) is 0 Å². The molecule has 0 amide bonds. The highest BCUT2D eigenvalue weighted by molar-refractivity contribution is 5.42. The molecule has 19 heavy (non-hydrogen) atoms. The van der Waals surface area contributed by atoms with E-state index in [0.717, 1.165) is 0 Å². The number of rotatable bonds is 2. The zero-order chi connectivity index (χ0) is 13.3. The minimum absolute atomic E-state index is 0.0910. The Labute approximate surface area is 116 Å². The van der Waals surface area contributed by atoms with Crippen LogP contribution in [0.25, 0.3) is 0 Å². The Balaban J connectivity index is 2.02. The molecule has 1 aliphatic rings. The van der Waals surface area contributed by atoms with Crippen LogP contribution in [0.15, 0.2) is 48.5 Å². The maximum atomic E-state index is 2.45. The van der Waals surface area contributed by atoms with Crippen LogP contribution in [0, 0.1) is 0 Å². The molecule has 1 aliphatic carbocycles. The summed E-state index contributed by atoms with van der Waals surface area (Å²) in [6.45, 7) is 4.65. The van der Waals surface area contributed by atoms with Crippen LogP contribution >= 0.6 is 0 Å². The number of benzene rings is 2. The van der Waals surface area contributed by atoms with Gasteiger partial charge >= 0.3 is 0 Å². The Morgan fingerprint density at radius 3 is 2.16 bits per heavy atom. The van der Waals surface area contributed by atoms with Gasteiger partial charge in [-0.1, -0.05) is 62.4 Å². The van der Waals surface area contributed by atoms with E-state index < -0.39 is 0 Å². The Bertz CT molecular complexity index is 564. The van der Waals surface area contributed by atoms with E-state index in [0.29, 0.717) is 0 Å². The highest BCUT2D eigenvalue weighted by atomic mass is 14.3. The lowest BCUT2D eigenvalue weighted by Crippen LogP contribution is -2.19. The summed E-state index contributed by atoms with van der Waals surface area (Å²) in [6, 6.07) is 18.0. The summed E-state index contributed by atoms with van der Waals surface area (Å²) < 4.78 is 0. The van der Waals surface area contributed by atoms with Crippen LogP contribution in [0.4, 0.5) is 0 Å². The van der Waals surface area contributed by atoms with Gasteiger partial charge in [-0.2, -0.15) is 0 Å². The van der Waals surface area contributed by atoms with Crippen LogP contribution < -0.4 is 0 Å². The van der Waals surface area contributed by atoms with Gasteiger partial charge in [0.25, 0.3) is 0 Å². The molecular formula is C19H22. The van der Waals surface area contributed by atoms with Gasteiger partial charge < -0.3 is 0 Å². The van der Waals surface area contributed by atoms with Crippen LogP contribution in [0.5, 0.6) is 0 Å². The van der Waals surface area contributed by atoms with Crippen LogP contribution in [-0.4, -0.2) is 0 Å². The molecule has 0 heteroatoms. The number of hydrogen-bond acceptors (Lipinski definition) is 0. The van der Waals surface area contributed by atoms with Crippen molar-refractivity contribution in [1.29, 1.82) is 0 Å². The van der Waals surface area contributed by atoms with E-state index in [1.54, 1.807) is 11.1 Å². The van der Waals surface area contributed by atoms with E-state index in [1.165, 1.54) is 36.8 Å². The van der Waals surface area contributed by atoms with E-state index >= 15 is 0 Å². The third kappa shape index (κ3) is 2.32. The fraction of sp³-hybridized carbons (Fsp3) is 0.368. The fourth-order valence-electron chi connectivity index (χ4n) is 3.14. The largest absolute Gasteiger partial charge is 0.0622 e. The van der Waals surface area contributed by atoms with E-state index in [1.807, 2.05) is 0 Å². The molecule has 0 saturated carbocycles. The molecular weight excluding hydrogens is 228 g/mol. The maximum Gasteiger partial charge on any atom is 0.0146 e. The smallest absolute Gasteiger partial charge is 0.0146 e. The molecule has 0 radical (unpaired) electrons. The molecule has 3 rings (SSSR count). The molecule has 0 atom stereocenters. The number of aryl methyl sites for hydroxylation is 2. The highest BCUT2D eigenvalue weighted by Crippen LogP contribution is 2.33. The third-order valence-corrected chi connectivity index (χ3v) is 4.57. The molecule has 0 N–H and O–H groups in total. The van der Waals surface area contributed by atoms with Crippen molar-refractivity contribution in [2.75, 3.05) is 0 Å². The summed E-state index contributed by atoms with van der Waals surface area (Å²) in [5.41, 5.74) is 6.07. The molecule has 0 spiro atoms. The summed E-state index contributed by atoms with van der Waals surface area (Å²) in [6.07, 6.45) is 5.23. The van der Waals surface area contributed by atoms with E-state index in [-0.39, 0.29) is 5.41 Å². The van der Waals surface area contributed by atoms with Crippen molar-refractivity contribution in [3.8, 4) is 0 Å². The monoisotopic (exact) mass is 250 g/mol. The van der Waals surface area contributed by atoms with Crippen molar-refractivity contribution in [3.05, 3.63) is 70.8 Å². The van der Waals surface area contributed by atoms with Crippen molar-refractivity contribution in [1.82, 2.24) is 0 Å². The fourth-order valence-corrected chi connectivity index (χ4v) is 3.14. The Morgan fingerprint density at radius 2 is 1.42 bits per heavy atom. The second kappa shape index (κ2) is 4.85. The van der Waals surface area contributed by atoms with Crippen LogP contribution in [-0.2, 0) is 18.3 Å². The average molecular weight is 250 g/mol. The van der Waals surface area contributed by atoms with E-state index in [9.17, 15) is 0 Å². The number of hydrogen-bond donors (Lipinski definition) is 0. The lowest BCUT2D eigenvalue weighted by molar-refractivity contribution is 0.631. The predicted octanol–water partition coefficient (Wildman–Crippen LogP) is 4.89. The molecule has 0 aliphatic heterocycles. The van der Waals surface area contributed by atoms with Gasteiger partial charge in [-0.3, -0.25) is 0 Å². The molecule has 98 valence electrons. The molecule has 2 aromatic carbocycles. The Kier molecular flexibility index (Phi) is 3.18. The molecule has 0 bridgehead atoms. The highest BCUT2D eigenvalue weighted by Gasteiger charge is 2.24. The normalized spacial score (nSPS) is 15.1. The van der Waals surface area contributed by atoms with Crippen molar-refractivity contribution < 1.29 is 0 Å². The van der Waals surface area contributed by atoms with Gasteiger partial charge in [0.15, 0.2) is 0 Å². The van der Waals surface area contributed by atoms with Gasteiger partial charge in [0.05, 0.1) is 0 Å². The SMILES string of the molecule is CC(C)(c1ccccc1)c1ccc2c(c1)CCCC2. The van der Waals surface area contributed by atoms with Gasteiger partial charge in [0.1, 0.15) is 0 Å². The minimum Gasteiger partial charge on any atom is -0.0622 e. The first kappa shape index (κ1) is 12.5. The van der Waals surface area contributed by atoms with Gasteiger partial charge in [-0.25, -0.2) is 0 Å². The van der Waals surface area contributed by atoms with Crippen LogP contribution in [0.2, 0.25) is 0 Å². The standard InChI is InChI=1S/C19H22/c1-19(2,17-10-4-3-5-11-17)18-13-12-15-8-6-7-9-16(15)14-18/h3-5,10-14H,6-9H2,1-2H3. The quantitative estimate of drug-likeness (QED) is 0.711. The van der Waals surface area contributed by atoms with E-state index in [2.05, 4.69) is 62.4 Å². The van der Waals surface area contributed by atoms with Gasteiger partial charge in [-0.05, 0) is 47.9 Å². The molecule has 0 saturated heterocycles. The van der Waals surface area contributed by atoms with Gasteiger partial charge in [0, 0.05) is 5.41 Å². The molecule has 2 aromatic rings. The van der Waals surface area contributed by atoms with Crippen molar-refractivity contribution in [3.63, 3.8) is 0 Å². The summed E-state index contributed by atoms with van der Waals surface area (Å²) in [7, 11) is 0. The van der Waals surface area contributed by atoms with Gasteiger partial charge in [-0.15, -0.1) is 0 Å². The predicted molar refractivity (Wildman–Crippen MR) is 81.7 cm³/mol. The molecule has 0 unspecified atom stereocenters. The summed E-state index contributed by atoms with van der Waals surface area (Å²) in [5.74, 6) is 0. The first-order chi connectivity index (χ1) is 9.18. The first-order valence-electron chi connectivity index (χ1n) is 7.36. The topological polar surface area (TPSA) is 0 Å². The van der Waals surface area contributed by atoms with Crippen molar-refractivity contribution in [2.24, 2.45) is 0 Å². The Hall–Kier alpha value is -1.56. The molecule has 0 heterocycles. The molecule has 0 aromatic heterocycles. The van der Waals surface area contributed by atoms with E-state index in [4.69, 9.17) is 0 Å². The lowest BCUT2D eigenvalue weighted by atomic mass is 9.76. The zero-order valence-electron chi connectivity index (χ0n) is 11.9. The maximum absolute atomic E-state index is 2.45. The van der Waals surface area contributed by atoms with Crippen LogP contribution in [0.1, 0.15) is 48.9 Å². The minimum atomic E-state index is 0.0910. The summed E-state index contributed by atoms with van der Waals surface area (Å²) in [5, 5.41) is 0. The van der Waals surface area contributed by atoms with Crippen LogP contribution in [0.3, 0.4) is 0 Å². The average Bonchev–Trinajstić information content (AvgIpc) is 2.47. The number of fused-ring (bicyclic) bond motifs is 1. The van der Waals surface area contributed by atoms with Crippen molar-refractivity contribution >= 4 is 0 Å². The zero-order valence-corrected chi connectivity index (χ0v) is 11.9. The Morgan fingerprint density at radius 1 is 0.737 bits per heavy atom. The van der Waals surface area contributed by atoms with Crippen molar-refractivity contribution in [2.45, 2.75) is 44.9 Å². The lowest BCUT2D eigenvalue weighted by Gasteiger charge is -2.28. The molecule has 0 nitrogen and oxygen atoms in total. The molecule has 0 fully saturated rings. The summed E-state index contributed by atoms with van der Waals surface area (Å²) >= 11 is 0.